The molecule has 0 radical (unpaired) electrons. The van der Waals surface area contributed by atoms with E-state index < -0.39 is 11.8 Å². The maximum absolute atomic E-state index is 13.5. The van der Waals surface area contributed by atoms with E-state index in [1.54, 1.807) is 54.6 Å². The lowest BCUT2D eigenvalue weighted by Gasteiger charge is -2.11. The van der Waals surface area contributed by atoms with Gasteiger partial charge in [0, 0.05) is 21.7 Å². The molecule has 0 aliphatic carbocycles. The van der Waals surface area contributed by atoms with Crippen molar-refractivity contribution in [3.8, 4) is 11.5 Å². The molecule has 168 valence electrons. The number of anilines is 2. The Bertz CT molecular complexity index is 1390. The van der Waals surface area contributed by atoms with Gasteiger partial charge in [-0.25, -0.2) is 0 Å². The molecule has 0 saturated heterocycles. The van der Waals surface area contributed by atoms with Gasteiger partial charge in [-0.1, -0.05) is 35.9 Å². The van der Waals surface area contributed by atoms with Crippen molar-refractivity contribution in [2.24, 2.45) is 0 Å². The van der Waals surface area contributed by atoms with E-state index in [1.807, 2.05) is 13.0 Å². The number of benzene rings is 3. The molecular weight excluding hydrogens is 442 g/mol. The molecule has 1 amide bonds. The summed E-state index contributed by atoms with van der Waals surface area (Å²) in [6.45, 7) is 1.87. The van der Waals surface area contributed by atoms with Gasteiger partial charge < -0.3 is 20.5 Å². The zero-order valence-corrected chi connectivity index (χ0v) is 19.1. The molecule has 0 bridgehead atoms. The lowest BCUT2D eigenvalue weighted by molar-refractivity contribution is 0.0967. The standard InChI is InChI=1S/C25H22ClN3O4/c1-14-8-10-16(13-18(14)26)28-24(30)22-17-6-4-5-7-19(17)29(23(22)27)25(31)15-9-11-20(32-2)21(12-15)33-3/h4-13H,27H2,1-3H3,(H,28,30). The minimum absolute atomic E-state index is 0.0340. The van der Waals surface area contributed by atoms with Gasteiger partial charge in [-0.3, -0.25) is 14.2 Å². The predicted molar refractivity (Wildman–Crippen MR) is 130 cm³/mol. The van der Waals surface area contributed by atoms with Crippen LogP contribution in [-0.4, -0.2) is 30.6 Å². The van der Waals surface area contributed by atoms with Gasteiger partial charge in [0.05, 0.1) is 25.3 Å². The zero-order chi connectivity index (χ0) is 23.7. The van der Waals surface area contributed by atoms with E-state index in [-0.39, 0.29) is 11.4 Å². The van der Waals surface area contributed by atoms with E-state index in [1.165, 1.54) is 18.8 Å². The van der Waals surface area contributed by atoms with Crippen molar-refractivity contribution >= 4 is 45.8 Å². The van der Waals surface area contributed by atoms with E-state index in [0.29, 0.717) is 38.7 Å². The number of carbonyl (C=O) groups excluding carboxylic acids is 2. The number of nitrogens with one attached hydrogen (secondary N) is 1. The highest BCUT2D eigenvalue weighted by molar-refractivity contribution is 6.31. The molecule has 0 unspecified atom stereocenters. The maximum Gasteiger partial charge on any atom is 0.264 e. The van der Waals surface area contributed by atoms with Crippen LogP contribution in [0, 0.1) is 6.92 Å². The number of carbonyl (C=O) groups is 2. The fourth-order valence-electron chi connectivity index (χ4n) is 3.68. The third-order valence-corrected chi connectivity index (χ3v) is 5.81. The Morgan fingerprint density at radius 3 is 2.39 bits per heavy atom. The van der Waals surface area contributed by atoms with Crippen molar-refractivity contribution < 1.29 is 19.1 Å². The molecule has 0 aliphatic rings. The Morgan fingerprint density at radius 2 is 1.70 bits per heavy atom. The quantitative estimate of drug-likeness (QED) is 0.427. The molecule has 3 aromatic carbocycles. The molecule has 33 heavy (non-hydrogen) atoms. The second-order valence-electron chi connectivity index (χ2n) is 7.41. The van der Waals surface area contributed by atoms with Crippen LogP contribution in [0.4, 0.5) is 11.5 Å². The summed E-state index contributed by atoms with van der Waals surface area (Å²) in [6.07, 6.45) is 0. The van der Waals surface area contributed by atoms with Crippen LogP contribution in [-0.2, 0) is 0 Å². The number of fused-ring (bicyclic) bond motifs is 1. The average molecular weight is 464 g/mol. The summed E-state index contributed by atoms with van der Waals surface area (Å²) >= 11 is 6.19. The Labute approximate surface area is 195 Å². The number of halogens is 1. The summed E-state index contributed by atoms with van der Waals surface area (Å²) in [5.41, 5.74) is 8.86. The molecule has 4 aromatic rings. The summed E-state index contributed by atoms with van der Waals surface area (Å²) < 4.78 is 11.9. The lowest BCUT2D eigenvalue weighted by Crippen LogP contribution is -2.18. The first-order chi connectivity index (χ1) is 15.8. The third kappa shape index (κ3) is 3.99. The van der Waals surface area contributed by atoms with Gasteiger partial charge in [0.25, 0.3) is 11.8 Å². The number of hydrogen-bond acceptors (Lipinski definition) is 5. The number of ether oxygens (including phenoxy) is 2. The third-order valence-electron chi connectivity index (χ3n) is 5.40. The van der Waals surface area contributed by atoms with Crippen LogP contribution in [0.25, 0.3) is 10.9 Å². The van der Waals surface area contributed by atoms with Gasteiger partial charge in [0.2, 0.25) is 0 Å². The summed E-state index contributed by atoms with van der Waals surface area (Å²) in [4.78, 5) is 26.7. The average Bonchev–Trinajstić information content (AvgIpc) is 3.12. The number of aromatic nitrogens is 1. The van der Waals surface area contributed by atoms with Gasteiger partial charge >= 0.3 is 0 Å². The molecule has 0 fully saturated rings. The minimum atomic E-state index is -0.442. The molecule has 8 heteroatoms. The van der Waals surface area contributed by atoms with Gasteiger partial charge in [-0.2, -0.15) is 0 Å². The Morgan fingerprint density at radius 1 is 0.970 bits per heavy atom. The maximum atomic E-state index is 13.5. The Balaban J connectivity index is 1.80. The molecule has 0 atom stereocenters. The fourth-order valence-corrected chi connectivity index (χ4v) is 3.86. The molecule has 7 nitrogen and oxygen atoms in total. The topological polar surface area (TPSA) is 95.6 Å². The largest absolute Gasteiger partial charge is 0.493 e. The van der Waals surface area contributed by atoms with Gasteiger partial charge in [-0.05, 0) is 48.9 Å². The molecule has 0 aliphatic heterocycles. The van der Waals surface area contributed by atoms with Crippen molar-refractivity contribution in [1.29, 1.82) is 0 Å². The van der Waals surface area contributed by atoms with Crippen molar-refractivity contribution in [3.05, 3.63) is 82.4 Å². The smallest absolute Gasteiger partial charge is 0.264 e. The number of nitrogen functional groups attached to an aromatic ring is 1. The summed E-state index contributed by atoms with van der Waals surface area (Å²) in [5.74, 6) is 0.0973. The molecule has 1 aromatic heterocycles. The molecule has 1 heterocycles. The monoisotopic (exact) mass is 463 g/mol. The van der Waals surface area contributed by atoms with Gasteiger partial charge in [-0.15, -0.1) is 0 Å². The zero-order valence-electron chi connectivity index (χ0n) is 18.3. The first-order valence-corrected chi connectivity index (χ1v) is 10.5. The molecule has 0 saturated carbocycles. The van der Waals surface area contributed by atoms with Crippen LogP contribution in [0.1, 0.15) is 26.3 Å². The number of rotatable bonds is 5. The second kappa shape index (κ2) is 8.88. The summed E-state index contributed by atoms with van der Waals surface area (Å²) in [6, 6.07) is 17.1. The van der Waals surface area contributed by atoms with E-state index in [4.69, 9.17) is 26.8 Å². The minimum Gasteiger partial charge on any atom is -0.493 e. The normalized spacial score (nSPS) is 10.8. The number of hydrogen-bond donors (Lipinski definition) is 2. The van der Waals surface area contributed by atoms with E-state index in [9.17, 15) is 9.59 Å². The predicted octanol–water partition coefficient (Wildman–Crippen LogP) is 5.14. The Kier molecular flexibility index (Phi) is 5.98. The lowest BCUT2D eigenvalue weighted by atomic mass is 10.1. The van der Waals surface area contributed by atoms with E-state index in [2.05, 4.69) is 5.32 Å². The van der Waals surface area contributed by atoms with Gasteiger partial charge in [0.15, 0.2) is 11.5 Å². The Hall–Kier alpha value is -3.97. The second-order valence-corrected chi connectivity index (χ2v) is 7.81. The number of para-hydroxylation sites is 1. The van der Waals surface area contributed by atoms with Crippen molar-refractivity contribution in [2.75, 3.05) is 25.3 Å². The van der Waals surface area contributed by atoms with Crippen LogP contribution in [0.2, 0.25) is 5.02 Å². The van der Waals surface area contributed by atoms with Crippen LogP contribution >= 0.6 is 11.6 Å². The first kappa shape index (κ1) is 22.2. The highest BCUT2D eigenvalue weighted by Crippen LogP contribution is 2.32. The number of methoxy groups -OCH3 is 2. The molecule has 0 spiro atoms. The summed E-state index contributed by atoms with van der Waals surface area (Å²) in [5, 5.41) is 3.91. The highest BCUT2D eigenvalue weighted by Gasteiger charge is 2.25. The number of nitrogens with two attached hydrogens (primary N) is 1. The van der Waals surface area contributed by atoms with E-state index >= 15 is 0 Å². The number of aryl methyl sites for hydroxylation is 1. The van der Waals surface area contributed by atoms with E-state index in [0.717, 1.165) is 5.56 Å². The van der Waals surface area contributed by atoms with Gasteiger partial charge in [0.1, 0.15) is 5.82 Å². The van der Waals surface area contributed by atoms with Crippen LogP contribution < -0.4 is 20.5 Å². The van der Waals surface area contributed by atoms with Crippen molar-refractivity contribution in [1.82, 2.24) is 4.57 Å². The fraction of sp³-hybridized carbons (Fsp3) is 0.120. The first-order valence-electron chi connectivity index (χ1n) is 10.1. The van der Waals surface area contributed by atoms with Crippen LogP contribution in [0.3, 0.4) is 0 Å². The number of amides is 1. The van der Waals surface area contributed by atoms with Crippen LogP contribution in [0.5, 0.6) is 11.5 Å². The van der Waals surface area contributed by atoms with Crippen molar-refractivity contribution in [3.63, 3.8) is 0 Å². The summed E-state index contributed by atoms with van der Waals surface area (Å²) in [7, 11) is 3.01. The molecule has 3 N–H and O–H groups in total. The molecular formula is C25H22ClN3O4. The van der Waals surface area contributed by atoms with Crippen molar-refractivity contribution in [2.45, 2.75) is 6.92 Å². The molecule has 4 rings (SSSR count). The number of nitrogens with zero attached hydrogens (tertiary/aromatic N) is 1. The van der Waals surface area contributed by atoms with Crippen LogP contribution in [0.15, 0.2) is 60.7 Å². The highest BCUT2D eigenvalue weighted by atomic mass is 35.5. The SMILES string of the molecule is COc1ccc(C(=O)n2c(N)c(C(=O)Nc3ccc(C)c(Cl)c3)c3ccccc32)cc1OC.